The number of rotatable bonds is 5. The lowest BCUT2D eigenvalue weighted by atomic mass is 10.4. The van der Waals surface area contributed by atoms with Gasteiger partial charge in [-0.1, -0.05) is 6.58 Å². The number of aliphatic carboxylic acids is 1. The first-order chi connectivity index (χ1) is 6.81. The third kappa shape index (κ3) is 16.1. The van der Waals surface area contributed by atoms with E-state index in [0.29, 0.717) is 6.61 Å². The van der Waals surface area contributed by atoms with E-state index in [-0.39, 0.29) is 17.6 Å². The van der Waals surface area contributed by atoms with E-state index < -0.39 is 12.1 Å². The van der Waals surface area contributed by atoms with Crippen LogP contribution in [0.1, 0.15) is 13.8 Å². The zero-order chi connectivity index (χ0) is 12.4. The van der Waals surface area contributed by atoms with Crippen molar-refractivity contribution in [1.82, 2.24) is 0 Å². The van der Waals surface area contributed by atoms with Crippen LogP contribution in [0, 0.1) is 0 Å². The van der Waals surface area contributed by atoms with Gasteiger partial charge in [0, 0.05) is 0 Å². The van der Waals surface area contributed by atoms with Gasteiger partial charge in [0.25, 0.3) is 0 Å². The van der Waals surface area contributed by atoms with Crippen LogP contribution in [0.15, 0.2) is 11.5 Å². The monoisotopic (exact) mass is 238 g/mol. The van der Waals surface area contributed by atoms with Crippen LogP contribution in [-0.4, -0.2) is 46.7 Å². The minimum atomic E-state index is -1.07. The molecule has 0 radical (unpaired) electrons. The summed E-state index contributed by atoms with van der Waals surface area (Å²) in [5.41, 5.74) is 0. The smallest absolute Gasteiger partial charge is 0.341 e. The van der Waals surface area contributed by atoms with E-state index >= 15 is 0 Å². The molecule has 90 valence electrons. The Bertz CT molecular complexity index is 181. The van der Waals surface area contributed by atoms with Gasteiger partial charge in [0.05, 0.1) is 30.3 Å². The van der Waals surface area contributed by atoms with E-state index in [9.17, 15) is 4.79 Å². The molecule has 3 N–H and O–H groups in total. The van der Waals surface area contributed by atoms with Gasteiger partial charge in [-0.3, -0.25) is 0 Å². The average Bonchev–Trinajstić information content (AvgIpc) is 2.14. The number of ether oxygens (including phenoxy) is 1. The first-order valence-corrected chi connectivity index (χ1v) is 4.77. The Kier molecular flexibility index (Phi) is 11.2. The van der Waals surface area contributed by atoms with Gasteiger partial charge >= 0.3 is 5.97 Å². The lowest BCUT2D eigenvalue weighted by Crippen LogP contribution is -2.19. The fraction of sp³-hybridized carbons (Fsp3) is 0.667. The van der Waals surface area contributed by atoms with E-state index in [1.807, 2.05) is 0 Å². The Balaban J connectivity index is 0. The van der Waals surface area contributed by atoms with Gasteiger partial charge in [-0.2, -0.15) is 0 Å². The molecule has 6 heteroatoms. The molecule has 0 rings (SSSR count). The van der Waals surface area contributed by atoms with Crippen LogP contribution < -0.4 is 0 Å². The van der Waals surface area contributed by atoms with Gasteiger partial charge in [-0.15, -0.1) is 12.6 Å². The first-order valence-electron chi connectivity index (χ1n) is 4.32. The maximum Gasteiger partial charge on any atom is 0.341 e. The maximum absolute atomic E-state index is 9.52. The van der Waals surface area contributed by atoms with Crippen molar-refractivity contribution in [3.63, 3.8) is 0 Å². The summed E-state index contributed by atoms with van der Waals surface area (Å²) >= 11 is 3.40. The number of carboxylic acid groups (broad SMARTS) is 1. The Morgan fingerprint density at radius 1 is 1.53 bits per heavy atom. The fourth-order valence-electron chi connectivity index (χ4n) is 0.356. The van der Waals surface area contributed by atoms with Crippen molar-refractivity contribution in [3.05, 3.63) is 11.5 Å². The molecule has 2 atom stereocenters. The summed E-state index contributed by atoms with van der Waals surface area (Å²) in [5.74, 6) is -1.07. The lowest BCUT2D eigenvalue weighted by Gasteiger charge is -2.10. The van der Waals surface area contributed by atoms with E-state index in [0.717, 1.165) is 0 Å². The summed E-state index contributed by atoms with van der Waals surface area (Å²) < 4.78 is 4.95. The second-order valence-electron chi connectivity index (χ2n) is 2.93. The molecule has 0 aromatic heterocycles. The summed E-state index contributed by atoms with van der Waals surface area (Å²) in [6.07, 6.45) is -0.612. The number of thiol groups is 1. The standard InChI is InChI=1S/C6H14O3.C3H4O2S/c1-5(8)4-9-6(2)3-7;1-2(6)3(4)5/h5-8H,3-4H2,1-2H3;6H,1H2,(H,4,5). The van der Waals surface area contributed by atoms with Crippen molar-refractivity contribution in [1.29, 1.82) is 0 Å². The van der Waals surface area contributed by atoms with Crippen LogP contribution in [0.25, 0.3) is 0 Å². The van der Waals surface area contributed by atoms with Gasteiger partial charge in [0.15, 0.2) is 0 Å². The normalized spacial score (nSPS) is 13.4. The molecule has 0 aliphatic rings. The number of hydrogen-bond acceptors (Lipinski definition) is 5. The van der Waals surface area contributed by atoms with Crippen molar-refractivity contribution >= 4 is 18.6 Å². The molecule has 0 spiro atoms. The van der Waals surface area contributed by atoms with E-state index in [4.69, 9.17) is 20.1 Å². The highest BCUT2D eigenvalue weighted by Gasteiger charge is 2.00. The molecule has 0 aromatic carbocycles. The molecule has 0 aromatic rings. The maximum atomic E-state index is 9.52. The van der Waals surface area contributed by atoms with E-state index in [1.165, 1.54) is 0 Å². The van der Waals surface area contributed by atoms with Crippen molar-refractivity contribution < 1.29 is 24.9 Å². The zero-order valence-electron chi connectivity index (χ0n) is 8.88. The van der Waals surface area contributed by atoms with Gasteiger partial charge in [-0.05, 0) is 13.8 Å². The third-order valence-corrected chi connectivity index (χ3v) is 1.32. The Morgan fingerprint density at radius 2 is 1.93 bits per heavy atom. The quantitative estimate of drug-likeness (QED) is 0.408. The summed E-state index contributed by atoms with van der Waals surface area (Å²) in [6.45, 7) is 6.71. The van der Waals surface area contributed by atoms with Crippen molar-refractivity contribution in [2.45, 2.75) is 26.1 Å². The first kappa shape index (κ1) is 16.9. The molecule has 0 bridgehead atoms. The molecular weight excluding hydrogens is 220 g/mol. The minimum Gasteiger partial charge on any atom is -0.477 e. The second-order valence-corrected chi connectivity index (χ2v) is 3.47. The largest absolute Gasteiger partial charge is 0.477 e. The summed E-state index contributed by atoms with van der Waals surface area (Å²) in [6, 6.07) is 0. The minimum absolute atomic E-state index is 0.00667. The Hall–Kier alpha value is -0.560. The number of aliphatic hydroxyl groups excluding tert-OH is 2. The van der Waals surface area contributed by atoms with Gasteiger partial charge in [-0.25, -0.2) is 4.79 Å². The van der Waals surface area contributed by atoms with E-state index in [2.05, 4.69) is 19.2 Å². The van der Waals surface area contributed by atoms with Gasteiger partial charge in [0.2, 0.25) is 0 Å². The van der Waals surface area contributed by atoms with Crippen LogP contribution in [0.3, 0.4) is 0 Å². The van der Waals surface area contributed by atoms with Crippen LogP contribution >= 0.6 is 12.6 Å². The predicted molar refractivity (Wildman–Crippen MR) is 59.9 cm³/mol. The number of hydrogen-bond donors (Lipinski definition) is 4. The van der Waals surface area contributed by atoms with Gasteiger partial charge in [0.1, 0.15) is 0 Å². The van der Waals surface area contributed by atoms with Crippen LogP contribution in [0.4, 0.5) is 0 Å². The highest BCUT2D eigenvalue weighted by Crippen LogP contribution is 1.91. The molecule has 0 aliphatic carbocycles. The molecule has 0 fully saturated rings. The molecule has 2 unspecified atom stereocenters. The second kappa shape index (κ2) is 9.97. The van der Waals surface area contributed by atoms with Crippen LogP contribution in [-0.2, 0) is 9.53 Å². The van der Waals surface area contributed by atoms with E-state index in [1.54, 1.807) is 13.8 Å². The topological polar surface area (TPSA) is 87.0 Å². The van der Waals surface area contributed by atoms with Crippen molar-refractivity contribution in [2.24, 2.45) is 0 Å². The lowest BCUT2D eigenvalue weighted by molar-refractivity contribution is -0.131. The zero-order valence-corrected chi connectivity index (χ0v) is 9.78. The summed E-state index contributed by atoms with van der Waals surface area (Å²) in [7, 11) is 0. The number of carbonyl (C=O) groups is 1. The molecule has 5 nitrogen and oxygen atoms in total. The molecule has 0 saturated heterocycles. The fourth-order valence-corrected chi connectivity index (χ4v) is 0.356. The van der Waals surface area contributed by atoms with Crippen LogP contribution in [0.2, 0.25) is 0 Å². The molecule has 15 heavy (non-hydrogen) atoms. The highest BCUT2D eigenvalue weighted by atomic mass is 32.1. The van der Waals surface area contributed by atoms with Gasteiger partial charge < -0.3 is 20.1 Å². The molecule has 0 amide bonds. The Morgan fingerprint density at radius 3 is 2.13 bits per heavy atom. The molecule has 0 saturated carbocycles. The van der Waals surface area contributed by atoms with Crippen LogP contribution in [0.5, 0.6) is 0 Å². The SMILES string of the molecule is C=C(S)C(=O)O.CC(O)COC(C)CO. The number of carboxylic acids is 1. The molecular formula is C9H18O5S. The third-order valence-electron chi connectivity index (χ3n) is 1.13. The number of aliphatic hydroxyl groups is 2. The summed E-state index contributed by atoms with van der Waals surface area (Å²) in [5, 5.41) is 24.9. The van der Waals surface area contributed by atoms with Crippen molar-refractivity contribution in [2.75, 3.05) is 13.2 Å². The average molecular weight is 238 g/mol. The molecule has 0 aliphatic heterocycles. The highest BCUT2D eigenvalue weighted by molar-refractivity contribution is 7.85. The van der Waals surface area contributed by atoms with Crippen molar-refractivity contribution in [3.8, 4) is 0 Å². The Labute approximate surface area is 94.8 Å². The molecule has 0 heterocycles. The predicted octanol–water partition coefficient (Wildman–Crippen LogP) is 0.279. The summed E-state index contributed by atoms with van der Waals surface area (Å²) in [4.78, 5) is 9.39.